The first kappa shape index (κ1) is 11.9. The first-order valence-electron chi connectivity index (χ1n) is 3.59. The molecule has 0 saturated heterocycles. The molecule has 0 aliphatic rings. The van der Waals surface area contributed by atoms with E-state index in [9.17, 15) is 10.1 Å². The van der Waals surface area contributed by atoms with Crippen molar-refractivity contribution in [1.82, 2.24) is 0 Å². The Kier molecular flexibility index (Phi) is 3.59. The van der Waals surface area contributed by atoms with Crippen LogP contribution in [0.5, 0.6) is 0 Å². The maximum atomic E-state index is 10.2. The normalized spacial score (nSPS) is 12.4. The average Bonchev–Trinajstić information content (AvgIpc) is 2.03. The molecular formula is C7H10N3O4+. The van der Waals surface area contributed by atoms with Crippen LogP contribution in [0.1, 0.15) is 13.8 Å². The molecule has 0 aliphatic heterocycles. The van der Waals surface area contributed by atoms with Crippen LogP contribution in [0.3, 0.4) is 0 Å². The van der Waals surface area contributed by atoms with E-state index < -0.39 is 22.3 Å². The number of diazo groups is 1. The minimum absolute atomic E-state index is 0.990. The van der Waals surface area contributed by atoms with Gasteiger partial charge in [0.2, 0.25) is 5.39 Å². The van der Waals surface area contributed by atoms with Crippen molar-refractivity contribution in [3.05, 3.63) is 39.5 Å². The van der Waals surface area contributed by atoms with Gasteiger partial charge in [-0.25, -0.2) is 0 Å². The van der Waals surface area contributed by atoms with Crippen LogP contribution in [0.2, 0.25) is 0 Å². The highest BCUT2D eigenvalue weighted by atomic mass is 16.6. The van der Waals surface area contributed by atoms with E-state index in [1.54, 1.807) is 0 Å². The molecule has 0 bridgehead atoms. The molecule has 0 heterocycles. The SMILES string of the molecule is C=CC(C)(C)OC(O)=C([N+]#N)[N+](=O)[O-]. The smallest absolute Gasteiger partial charge is 0.470 e. The zero-order chi connectivity index (χ0) is 11.4. The fraction of sp³-hybridized carbons (Fsp3) is 0.429. The number of hydrogen-bond donors (Lipinski definition) is 1. The molecule has 0 amide bonds. The van der Waals surface area contributed by atoms with Gasteiger partial charge in [-0.3, -0.25) is 10.1 Å². The number of aliphatic hydroxyl groups excluding tert-OH is 1. The Balaban J connectivity index is 4.94. The number of ether oxygens (including phenoxy) is 1. The van der Waals surface area contributed by atoms with E-state index in [1.165, 1.54) is 19.9 Å². The van der Waals surface area contributed by atoms with Crippen LogP contribution in [0, 0.1) is 15.5 Å². The molecule has 7 heteroatoms. The van der Waals surface area contributed by atoms with E-state index in [4.69, 9.17) is 15.2 Å². The Bertz CT molecular complexity index is 326. The van der Waals surface area contributed by atoms with Crippen molar-refractivity contribution < 1.29 is 14.8 Å². The van der Waals surface area contributed by atoms with E-state index in [2.05, 4.69) is 11.6 Å². The Morgan fingerprint density at radius 2 is 2.29 bits per heavy atom. The summed E-state index contributed by atoms with van der Waals surface area (Å²) in [7, 11) is 0. The molecule has 0 aromatic carbocycles. The Hall–Kier alpha value is -2.10. The lowest BCUT2D eigenvalue weighted by Crippen LogP contribution is -2.21. The number of nitrogens with zero attached hydrogens (tertiary/aromatic N) is 3. The minimum Gasteiger partial charge on any atom is -0.470 e. The number of nitro groups is 1. The lowest BCUT2D eigenvalue weighted by Gasteiger charge is -2.18. The summed E-state index contributed by atoms with van der Waals surface area (Å²) in [5.41, 5.74) is -0.990. The third kappa shape index (κ3) is 3.10. The maximum Gasteiger partial charge on any atom is 0.747 e. The molecule has 0 atom stereocenters. The lowest BCUT2D eigenvalue weighted by molar-refractivity contribution is -0.426. The zero-order valence-electron chi connectivity index (χ0n) is 7.80. The molecule has 0 aliphatic carbocycles. The highest BCUT2D eigenvalue weighted by molar-refractivity contribution is 5.02. The minimum atomic E-state index is -1.15. The molecule has 14 heavy (non-hydrogen) atoms. The quantitative estimate of drug-likeness (QED) is 0.245. The van der Waals surface area contributed by atoms with Gasteiger partial charge in [-0.1, -0.05) is 6.58 Å². The fourth-order valence-electron chi connectivity index (χ4n) is 0.494. The molecule has 0 rings (SSSR count). The topological polar surface area (TPSA) is 101 Å². The fourth-order valence-corrected chi connectivity index (χ4v) is 0.494. The summed E-state index contributed by atoms with van der Waals surface area (Å²) in [6.07, 6.45) is 1.33. The van der Waals surface area contributed by atoms with Crippen LogP contribution >= 0.6 is 0 Å². The van der Waals surface area contributed by atoms with Gasteiger partial charge < -0.3 is 9.84 Å². The summed E-state index contributed by atoms with van der Waals surface area (Å²) in [6, 6.07) is 0. The first-order valence-corrected chi connectivity index (χ1v) is 3.59. The van der Waals surface area contributed by atoms with Gasteiger partial charge in [0, 0.05) is 0 Å². The van der Waals surface area contributed by atoms with Gasteiger partial charge in [-0.2, -0.15) is 0 Å². The predicted octanol–water partition coefficient (Wildman–Crippen LogP) is 1.78. The molecule has 76 valence electrons. The third-order valence-electron chi connectivity index (χ3n) is 1.31. The van der Waals surface area contributed by atoms with Gasteiger partial charge in [0.1, 0.15) is 5.60 Å². The second-order valence-corrected chi connectivity index (χ2v) is 2.90. The molecule has 0 aromatic heterocycles. The standard InChI is InChI=1S/C7H9N3O4/c1-4-7(2,3)14-6(11)5(9-8)10(12)13/h4H,1H2,2-3H3/p+1. The van der Waals surface area contributed by atoms with Crippen molar-refractivity contribution in [2.75, 3.05) is 0 Å². The molecule has 0 saturated carbocycles. The van der Waals surface area contributed by atoms with Gasteiger partial charge in [0.25, 0.3) is 4.98 Å². The Labute approximate surface area is 80.1 Å². The second kappa shape index (κ2) is 4.23. The van der Waals surface area contributed by atoms with Gasteiger partial charge in [0.15, 0.2) is 4.92 Å². The van der Waals surface area contributed by atoms with Crippen LogP contribution in [-0.4, -0.2) is 15.6 Å². The van der Waals surface area contributed by atoms with Gasteiger partial charge in [-0.05, 0) is 19.9 Å². The Morgan fingerprint density at radius 3 is 2.57 bits per heavy atom. The highest BCUT2D eigenvalue weighted by Crippen LogP contribution is 2.17. The molecular weight excluding hydrogens is 190 g/mol. The van der Waals surface area contributed by atoms with E-state index in [-0.39, 0.29) is 0 Å². The van der Waals surface area contributed by atoms with Gasteiger partial charge in [0.05, 0.1) is 0 Å². The summed E-state index contributed by atoms with van der Waals surface area (Å²) < 4.78 is 4.72. The summed E-state index contributed by atoms with van der Waals surface area (Å²) in [6.45, 7) is 6.43. The van der Waals surface area contributed by atoms with E-state index in [1.807, 2.05) is 0 Å². The summed E-state index contributed by atoms with van der Waals surface area (Å²) in [5.74, 6) is -2.22. The summed E-state index contributed by atoms with van der Waals surface area (Å²) >= 11 is 0. The maximum absolute atomic E-state index is 10.2. The van der Waals surface area contributed by atoms with E-state index in [0.29, 0.717) is 0 Å². The van der Waals surface area contributed by atoms with Crippen molar-refractivity contribution in [2.24, 2.45) is 0 Å². The molecule has 0 spiro atoms. The summed E-state index contributed by atoms with van der Waals surface area (Å²) in [4.78, 5) is 11.4. The summed E-state index contributed by atoms with van der Waals surface area (Å²) in [5, 5.41) is 27.4. The van der Waals surface area contributed by atoms with Crippen LogP contribution in [-0.2, 0) is 4.74 Å². The Morgan fingerprint density at radius 1 is 1.79 bits per heavy atom. The molecule has 0 radical (unpaired) electrons. The number of rotatable bonds is 4. The van der Waals surface area contributed by atoms with Crippen molar-refractivity contribution in [1.29, 1.82) is 5.39 Å². The van der Waals surface area contributed by atoms with Gasteiger partial charge >= 0.3 is 11.8 Å². The highest BCUT2D eigenvalue weighted by Gasteiger charge is 2.38. The van der Waals surface area contributed by atoms with Gasteiger partial charge in [-0.15, -0.1) is 0 Å². The number of hydrogen-bond acceptors (Lipinski definition) is 5. The lowest BCUT2D eigenvalue weighted by atomic mass is 10.1. The molecule has 1 N–H and O–H groups in total. The van der Waals surface area contributed by atoms with Crippen LogP contribution in [0.4, 0.5) is 0 Å². The predicted molar refractivity (Wildman–Crippen MR) is 47.1 cm³/mol. The van der Waals surface area contributed by atoms with Crippen molar-refractivity contribution in [3.8, 4) is 0 Å². The third-order valence-corrected chi connectivity index (χ3v) is 1.31. The van der Waals surface area contributed by atoms with Crippen LogP contribution in [0.15, 0.2) is 24.4 Å². The molecule has 0 unspecified atom stereocenters. The molecule has 7 nitrogen and oxygen atoms in total. The molecule has 0 fully saturated rings. The van der Waals surface area contributed by atoms with Crippen molar-refractivity contribution >= 4 is 0 Å². The number of aliphatic hydroxyl groups is 1. The monoisotopic (exact) mass is 200 g/mol. The van der Waals surface area contributed by atoms with E-state index in [0.717, 1.165) is 0 Å². The van der Waals surface area contributed by atoms with E-state index >= 15 is 0 Å². The van der Waals surface area contributed by atoms with Crippen LogP contribution in [0.25, 0.3) is 4.98 Å². The zero-order valence-corrected chi connectivity index (χ0v) is 7.80. The molecule has 0 aromatic rings. The van der Waals surface area contributed by atoms with Crippen LogP contribution < -0.4 is 0 Å². The first-order chi connectivity index (χ1) is 6.34. The average molecular weight is 200 g/mol. The van der Waals surface area contributed by atoms with Crippen molar-refractivity contribution in [2.45, 2.75) is 19.4 Å². The van der Waals surface area contributed by atoms with Crippen molar-refractivity contribution in [3.63, 3.8) is 0 Å². The largest absolute Gasteiger partial charge is 0.747 e. The second-order valence-electron chi connectivity index (χ2n) is 2.90.